The van der Waals surface area contributed by atoms with Crippen LogP contribution in [-0.4, -0.2) is 35.0 Å². The van der Waals surface area contributed by atoms with Crippen molar-refractivity contribution in [1.82, 2.24) is 4.90 Å². The predicted octanol–water partition coefficient (Wildman–Crippen LogP) is 3.21. The Balaban J connectivity index is 2.93. The molecule has 0 aliphatic heterocycles. The number of hydrogen-bond acceptors (Lipinski definition) is 3. The maximum atomic E-state index is 12.0. The van der Waals surface area contributed by atoms with E-state index in [0.29, 0.717) is 11.3 Å². The van der Waals surface area contributed by atoms with Gasteiger partial charge in [0, 0.05) is 11.5 Å². The minimum absolute atomic E-state index is 0.282. The largest absolute Gasteiger partial charge is 0.480 e. The van der Waals surface area contributed by atoms with Crippen molar-refractivity contribution in [3.05, 3.63) is 19.2 Å². The zero-order valence-corrected chi connectivity index (χ0v) is 13.2. The van der Waals surface area contributed by atoms with Gasteiger partial charge in [-0.15, -0.1) is 11.3 Å². The van der Waals surface area contributed by atoms with Crippen LogP contribution >= 0.6 is 43.2 Å². The summed E-state index contributed by atoms with van der Waals surface area (Å²) in [5.41, 5.74) is 0. The van der Waals surface area contributed by atoms with Crippen LogP contribution < -0.4 is 0 Å². The lowest BCUT2D eigenvalue weighted by atomic mass is 10.2. The van der Waals surface area contributed by atoms with Crippen molar-refractivity contribution in [2.24, 2.45) is 0 Å². The van der Waals surface area contributed by atoms with Crippen LogP contribution in [0.15, 0.2) is 14.3 Å². The molecule has 94 valence electrons. The average Bonchev–Trinajstić information content (AvgIpc) is 2.58. The van der Waals surface area contributed by atoms with Gasteiger partial charge in [-0.2, -0.15) is 0 Å². The topological polar surface area (TPSA) is 57.6 Å². The van der Waals surface area contributed by atoms with Gasteiger partial charge in [0.05, 0.1) is 8.66 Å². The zero-order valence-electron chi connectivity index (χ0n) is 9.24. The third-order valence-corrected chi connectivity index (χ3v) is 5.56. The molecule has 0 aliphatic rings. The molecule has 1 heterocycles. The van der Waals surface area contributed by atoms with E-state index in [2.05, 4.69) is 31.9 Å². The van der Waals surface area contributed by atoms with Crippen molar-refractivity contribution in [2.45, 2.75) is 19.4 Å². The van der Waals surface area contributed by atoms with Gasteiger partial charge in [-0.25, -0.2) is 4.79 Å². The van der Waals surface area contributed by atoms with E-state index in [4.69, 9.17) is 5.11 Å². The number of aliphatic carboxylic acids is 1. The Bertz CT molecular complexity index is 427. The van der Waals surface area contributed by atoms with Crippen molar-refractivity contribution in [3.63, 3.8) is 0 Å². The quantitative estimate of drug-likeness (QED) is 0.866. The smallest absolute Gasteiger partial charge is 0.326 e. The number of carboxylic acid groups (broad SMARTS) is 1. The molecule has 1 unspecified atom stereocenters. The molecule has 4 nitrogen and oxygen atoms in total. The first-order chi connectivity index (χ1) is 7.88. The summed E-state index contributed by atoms with van der Waals surface area (Å²) in [4.78, 5) is 24.8. The number of carbonyl (C=O) groups is 2. The van der Waals surface area contributed by atoms with E-state index in [-0.39, 0.29) is 5.91 Å². The molecule has 0 saturated heterocycles. The van der Waals surface area contributed by atoms with Gasteiger partial charge in [0.15, 0.2) is 0 Å². The van der Waals surface area contributed by atoms with E-state index < -0.39 is 12.0 Å². The summed E-state index contributed by atoms with van der Waals surface area (Å²) in [6.45, 7) is 1.74. The maximum absolute atomic E-state index is 12.0. The minimum Gasteiger partial charge on any atom is -0.480 e. The summed E-state index contributed by atoms with van der Waals surface area (Å²) in [6, 6.07) is 0.893. The molecule has 0 aliphatic carbocycles. The van der Waals surface area contributed by atoms with Crippen LogP contribution in [-0.2, 0) is 4.79 Å². The molecule has 0 saturated carbocycles. The van der Waals surface area contributed by atoms with Crippen molar-refractivity contribution < 1.29 is 14.7 Å². The fraction of sp³-hybridized carbons (Fsp3) is 0.400. The number of hydrogen-bond donors (Lipinski definition) is 1. The number of nitrogens with zero attached hydrogens (tertiary/aromatic N) is 1. The highest BCUT2D eigenvalue weighted by molar-refractivity contribution is 9.13. The first-order valence-electron chi connectivity index (χ1n) is 4.83. The third-order valence-electron chi connectivity index (χ3n) is 2.32. The second-order valence-electron chi connectivity index (χ2n) is 3.41. The Morgan fingerprint density at radius 2 is 2.12 bits per heavy atom. The van der Waals surface area contributed by atoms with Crippen LogP contribution in [0.5, 0.6) is 0 Å². The summed E-state index contributed by atoms with van der Waals surface area (Å²) >= 11 is 7.87. The Morgan fingerprint density at radius 3 is 2.47 bits per heavy atom. The van der Waals surface area contributed by atoms with E-state index in [1.165, 1.54) is 23.3 Å². The lowest BCUT2D eigenvalue weighted by Gasteiger charge is -2.22. The van der Waals surface area contributed by atoms with Crippen LogP contribution in [0.3, 0.4) is 0 Å². The average molecular weight is 385 g/mol. The van der Waals surface area contributed by atoms with E-state index in [1.54, 1.807) is 13.0 Å². The van der Waals surface area contributed by atoms with Gasteiger partial charge >= 0.3 is 5.97 Å². The SMILES string of the molecule is CCC(C(=O)O)N(C)C(=O)c1cc(Br)c(Br)s1. The highest BCUT2D eigenvalue weighted by Crippen LogP contribution is 2.33. The van der Waals surface area contributed by atoms with Gasteiger partial charge in [0.25, 0.3) is 5.91 Å². The molecule has 0 fully saturated rings. The summed E-state index contributed by atoms with van der Waals surface area (Å²) in [5.74, 6) is -1.27. The first kappa shape index (κ1) is 14.7. The Kier molecular flexibility index (Phi) is 5.15. The molecule has 1 atom stereocenters. The van der Waals surface area contributed by atoms with Crippen molar-refractivity contribution in [1.29, 1.82) is 0 Å². The van der Waals surface area contributed by atoms with Gasteiger partial charge in [-0.1, -0.05) is 6.92 Å². The van der Waals surface area contributed by atoms with Gasteiger partial charge in [-0.05, 0) is 44.3 Å². The van der Waals surface area contributed by atoms with E-state index in [1.807, 2.05) is 0 Å². The van der Waals surface area contributed by atoms with Gasteiger partial charge in [0.2, 0.25) is 0 Å². The summed E-state index contributed by atoms with van der Waals surface area (Å²) in [6.07, 6.45) is 0.380. The summed E-state index contributed by atoms with van der Waals surface area (Å²) < 4.78 is 1.61. The highest BCUT2D eigenvalue weighted by atomic mass is 79.9. The van der Waals surface area contributed by atoms with Gasteiger partial charge in [-0.3, -0.25) is 4.79 Å². The van der Waals surface area contributed by atoms with E-state index >= 15 is 0 Å². The summed E-state index contributed by atoms with van der Waals surface area (Å²) in [5, 5.41) is 8.99. The molecule has 1 aromatic rings. The number of rotatable bonds is 4. The molecular weight excluding hydrogens is 374 g/mol. The third kappa shape index (κ3) is 3.29. The fourth-order valence-electron chi connectivity index (χ4n) is 1.38. The second-order valence-corrected chi connectivity index (χ2v) is 6.64. The Hall–Kier alpha value is -0.400. The molecule has 1 amide bonds. The second kappa shape index (κ2) is 5.97. The fourth-order valence-corrected chi connectivity index (χ4v) is 3.40. The van der Waals surface area contributed by atoms with E-state index in [9.17, 15) is 9.59 Å². The lowest BCUT2D eigenvalue weighted by molar-refractivity contribution is -0.142. The van der Waals surface area contributed by atoms with Crippen molar-refractivity contribution in [2.75, 3.05) is 7.05 Å². The molecule has 0 spiro atoms. The van der Waals surface area contributed by atoms with Gasteiger partial charge in [0.1, 0.15) is 6.04 Å². The molecule has 1 rings (SSSR count). The lowest BCUT2D eigenvalue weighted by Crippen LogP contribution is -2.41. The standard InChI is InChI=1S/C10H11Br2NO3S/c1-3-6(10(15)16)13(2)9(14)7-4-5(11)8(12)17-7/h4,6H,3H2,1-2H3,(H,15,16). The number of halogens is 2. The van der Waals surface area contributed by atoms with Crippen LogP contribution in [0.1, 0.15) is 23.0 Å². The molecule has 7 heteroatoms. The number of carbonyl (C=O) groups excluding carboxylic acids is 1. The predicted molar refractivity (Wildman–Crippen MR) is 73.5 cm³/mol. The highest BCUT2D eigenvalue weighted by Gasteiger charge is 2.26. The Labute approximate surface area is 120 Å². The normalized spacial score (nSPS) is 12.2. The molecule has 1 N–H and O–H groups in total. The zero-order chi connectivity index (χ0) is 13.2. The van der Waals surface area contributed by atoms with Crippen LogP contribution in [0.4, 0.5) is 0 Å². The molecule has 1 aromatic heterocycles. The Morgan fingerprint density at radius 1 is 1.53 bits per heavy atom. The first-order valence-corrected chi connectivity index (χ1v) is 7.23. The minimum atomic E-state index is -0.988. The molecule has 0 aromatic carbocycles. The maximum Gasteiger partial charge on any atom is 0.326 e. The number of carboxylic acids is 1. The van der Waals surface area contributed by atoms with Gasteiger partial charge < -0.3 is 10.0 Å². The monoisotopic (exact) mass is 383 g/mol. The molecule has 0 radical (unpaired) electrons. The molecule has 0 bridgehead atoms. The van der Waals surface area contributed by atoms with Crippen molar-refractivity contribution >= 4 is 55.1 Å². The van der Waals surface area contributed by atoms with Crippen molar-refractivity contribution in [3.8, 4) is 0 Å². The number of amides is 1. The van der Waals surface area contributed by atoms with Crippen LogP contribution in [0, 0.1) is 0 Å². The van der Waals surface area contributed by atoms with Crippen LogP contribution in [0.2, 0.25) is 0 Å². The van der Waals surface area contributed by atoms with Crippen LogP contribution in [0.25, 0.3) is 0 Å². The van der Waals surface area contributed by atoms with E-state index in [0.717, 1.165) is 8.26 Å². The molecular formula is C10H11Br2NO3S. The number of thiophene rings is 1. The summed E-state index contributed by atoms with van der Waals surface area (Å²) in [7, 11) is 1.51. The number of likely N-dealkylation sites (N-methyl/N-ethyl adjacent to an activating group) is 1. The molecule has 17 heavy (non-hydrogen) atoms.